The van der Waals surface area contributed by atoms with E-state index in [-0.39, 0.29) is 12.5 Å². The highest BCUT2D eigenvalue weighted by Gasteiger charge is 2.23. The number of rotatable bonds is 2. The molecule has 5 heteroatoms. The molecule has 3 rings (SSSR count). The standard InChI is InChI=1S/C16H14ClNO2S/c1-21-14-4-2-3-13(8-14)18-9-11-7-12(17)5-6-15(11)20-10-16(18)19/h2-8H,9-10H2,1H3. The molecule has 0 fully saturated rings. The van der Waals surface area contributed by atoms with Gasteiger partial charge in [0.2, 0.25) is 0 Å². The second-order valence-electron chi connectivity index (χ2n) is 4.72. The molecule has 2 aromatic rings. The Morgan fingerprint density at radius 1 is 1.24 bits per heavy atom. The highest BCUT2D eigenvalue weighted by Crippen LogP contribution is 2.30. The first kappa shape index (κ1) is 14.3. The number of hydrogen-bond donors (Lipinski definition) is 0. The zero-order chi connectivity index (χ0) is 14.8. The summed E-state index contributed by atoms with van der Waals surface area (Å²) in [6.07, 6.45) is 2.02. The van der Waals surface area contributed by atoms with Gasteiger partial charge in [0.05, 0.1) is 6.54 Å². The first-order chi connectivity index (χ1) is 10.2. The molecule has 1 aliphatic rings. The second kappa shape index (κ2) is 6.00. The van der Waals surface area contributed by atoms with Gasteiger partial charge in [-0.15, -0.1) is 11.8 Å². The van der Waals surface area contributed by atoms with E-state index in [0.717, 1.165) is 21.9 Å². The van der Waals surface area contributed by atoms with Crippen LogP contribution >= 0.6 is 23.4 Å². The highest BCUT2D eigenvalue weighted by molar-refractivity contribution is 7.98. The number of ether oxygens (including phenoxy) is 1. The number of hydrogen-bond acceptors (Lipinski definition) is 3. The highest BCUT2D eigenvalue weighted by atomic mass is 35.5. The van der Waals surface area contributed by atoms with E-state index < -0.39 is 0 Å². The molecular weight excluding hydrogens is 306 g/mol. The maximum Gasteiger partial charge on any atom is 0.265 e. The lowest BCUT2D eigenvalue weighted by molar-refractivity contribution is -0.120. The van der Waals surface area contributed by atoms with E-state index in [1.54, 1.807) is 22.7 Å². The molecule has 0 saturated heterocycles. The minimum Gasteiger partial charge on any atom is -0.483 e. The first-order valence-electron chi connectivity index (χ1n) is 6.53. The molecule has 2 aromatic carbocycles. The van der Waals surface area contributed by atoms with Gasteiger partial charge in [-0.3, -0.25) is 4.79 Å². The molecule has 3 nitrogen and oxygen atoms in total. The van der Waals surface area contributed by atoms with Crippen molar-refractivity contribution in [3.8, 4) is 5.75 Å². The Balaban J connectivity index is 1.99. The van der Waals surface area contributed by atoms with E-state index in [9.17, 15) is 4.79 Å². The molecule has 0 bridgehead atoms. The van der Waals surface area contributed by atoms with Crippen molar-refractivity contribution in [2.24, 2.45) is 0 Å². The third-order valence-electron chi connectivity index (χ3n) is 3.37. The zero-order valence-electron chi connectivity index (χ0n) is 11.5. The molecule has 21 heavy (non-hydrogen) atoms. The van der Waals surface area contributed by atoms with Gasteiger partial charge in [-0.05, 0) is 42.7 Å². The third kappa shape index (κ3) is 3.01. The lowest BCUT2D eigenvalue weighted by Crippen LogP contribution is -2.32. The van der Waals surface area contributed by atoms with Crippen LogP contribution in [0.1, 0.15) is 5.56 Å². The lowest BCUT2D eigenvalue weighted by atomic mass is 10.2. The van der Waals surface area contributed by atoms with Crippen LogP contribution in [0.2, 0.25) is 5.02 Å². The van der Waals surface area contributed by atoms with Crippen LogP contribution in [0, 0.1) is 0 Å². The van der Waals surface area contributed by atoms with Gasteiger partial charge >= 0.3 is 0 Å². The van der Waals surface area contributed by atoms with Crippen LogP contribution in [0.3, 0.4) is 0 Å². The Hall–Kier alpha value is -1.65. The van der Waals surface area contributed by atoms with Crippen LogP contribution in [-0.2, 0) is 11.3 Å². The molecule has 0 aliphatic carbocycles. The van der Waals surface area contributed by atoms with Crippen molar-refractivity contribution in [3.05, 3.63) is 53.1 Å². The third-order valence-corrected chi connectivity index (χ3v) is 4.33. The van der Waals surface area contributed by atoms with Crippen molar-refractivity contribution in [2.75, 3.05) is 17.8 Å². The molecule has 0 atom stereocenters. The predicted octanol–water partition coefficient (Wildman–Crippen LogP) is 3.99. The van der Waals surface area contributed by atoms with E-state index >= 15 is 0 Å². The van der Waals surface area contributed by atoms with E-state index in [2.05, 4.69) is 0 Å². The average molecular weight is 320 g/mol. The smallest absolute Gasteiger partial charge is 0.265 e. The number of thioether (sulfide) groups is 1. The van der Waals surface area contributed by atoms with Crippen LogP contribution in [0.5, 0.6) is 5.75 Å². The van der Waals surface area contributed by atoms with Gasteiger partial charge in [0, 0.05) is 21.2 Å². The second-order valence-corrected chi connectivity index (χ2v) is 6.04. The normalized spacial score (nSPS) is 14.4. The molecule has 0 radical (unpaired) electrons. The molecule has 0 aromatic heterocycles. The van der Waals surface area contributed by atoms with Crippen molar-refractivity contribution in [1.82, 2.24) is 0 Å². The summed E-state index contributed by atoms with van der Waals surface area (Å²) in [4.78, 5) is 15.2. The summed E-state index contributed by atoms with van der Waals surface area (Å²) < 4.78 is 5.57. The fourth-order valence-electron chi connectivity index (χ4n) is 2.30. The average Bonchev–Trinajstić information content (AvgIpc) is 2.66. The molecule has 1 amide bonds. The SMILES string of the molecule is CSc1cccc(N2Cc3cc(Cl)ccc3OCC2=O)c1. The lowest BCUT2D eigenvalue weighted by Gasteiger charge is -2.20. The number of carbonyl (C=O) groups excluding carboxylic acids is 1. The summed E-state index contributed by atoms with van der Waals surface area (Å²) in [7, 11) is 0. The molecule has 0 saturated carbocycles. The quantitative estimate of drug-likeness (QED) is 0.784. The molecular formula is C16H14ClNO2S. The van der Waals surface area contributed by atoms with Crippen molar-refractivity contribution in [3.63, 3.8) is 0 Å². The predicted molar refractivity (Wildman–Crippen MR) is 86.4 cm³/mol. The van der Waals surface area contributed by atoms with Gasteiger partial charge in [0.25, 0.3) is 5.91 Å². The van der Waals surface area contributed by atoms with Crippen molar-refractivity contribution in [2.45, 2.75) is 11.4 Å². The minimum atomic E-state index is -0.0550. The molecule has 108 valence electrons. The van der Waals surface area contributed by atoms with Crippen LogP contribution in [0.4, 0.5) is 5.69 Å². The van der Waals surface area contributed by atoms with Gasteiger partial charge < -0.3 is 9.64 Å². The fourth-order valence-corrected chi connectivity index (χ4v) is 2.95. The molecule has 0 N–H and O–H groups in total. The number of halogens is 1. The van der Waals surface area contributed by atoms with Crippen LogP contribution < -0.4 is 9.64 Å². The monoisotopic (exact) mass is 319 g/mol. The van der Waals surface area contributed by atoms with E-state index in [1.807, 2.05) is 42.7 Å². The summed E-state index contributed by atoms with van der Waals surface area (Å²) in [6, 6.07) is 13.4. The van der Waals surface area contributed by atoms with Gasteiger partial charge in [-0.2, -0.15) is 0 Å². The molecule has 0 spiro atoms. The van der Waals surface area contributed by atoms with E-state index in [1.165, 1.54) is 0 Å². The van der Waals surface area contributed by atoms with Gasteiger partial charge in [-0.25, -0.2) is 0 Å². The largest absolute Gasteiger partial charge is 0.483 e. The van der Waals surface area contributed by atoms with E-state index in [0.29, 0.717) is 11.6 Å². The number of nitrogens with zero attached hydrogens (tertiary/aromatic N) is 1. The van der Waals surface area contributed by atoms with Crippen molar-refractivity contribution < 1.29 is 9.53 Å². The van der Waals surface area contributed by atoms with Crippen LogP contribution in [-0.4, -0.2) is 18.8 Å². The van der Waals surface area contributed by atoms with Gasteiger partial charge in [0.1, 0.15) is 5.75 Å². The minimum absolute atomic E-state index is 0.0398. The Labute approximate surface area is 132 Å². The first-order valence-corrected chi connectivity index (χ1v) is 8.13. The topological polar surface area (TPSA) is 29.5 Å². The number of anilines is 1. The summed E-state index contributed by atoms with van der Waals surface area (Å²) in [5, 5.41) is 0.643. The Morgan fingerprint density at radius 3 is 2.90 bits per heavy atom. The maximum absolute atomic E-state index is 12.3. The maximum atomic E-state index is 12.3. The fraction of sp³-hybridized carbons (Fsp3) is 0.188. The summed E-state index contributed by atoms with van der Waals surface area (Å²) >= 11 is 7.70. The summed E-state index contributed by atoms with van der Waals surface area (Å²) in [6.45, 7) is 0.505. The number of fused-ring (bicyclic) bond motifs is 1. The number of carbonyl (C=O) groups is 1. The molecule has 1 heterocycles. The zero-order valence-corrected chi connectivity index (χ0v) is 13.1. The Kier molecular flexibility index (Phi) is 4.08. The van der Waals surface area contributed by atoms with Crippen LogP contribution in [0.25, 0.3) is 0 Å². The summed E-state index contributed by atoms with van der Waals surface area (Å²) in [5.41, 5.74) is 1.80. The number of amides is 1. The number of benzene rings is 2. The van der Waals surface area contributed by atoms with Gasteiger partial charge in [-0.1, -0.05) is 17.7 Å². The molecule has 0 unspecified atom stereocenters. The Morgan fingerprint density at radius 2 is 2.10 bits per heavy atom. The van der Waals surface area contributed by atoms with Crippen molar-refractivity contribution >= 4 is 35.0 Å². The van der Waals surface area contributed by atoms with Gasteiger partial charge in [0.15, 0.2) is 6.61 Å². The van der Waals surface area contributed by atoms with Crippen molar-refractivity contribution in [1.29, 1.82) is 0 Å². The van der Waals surface area contributed by atoms with Crippen LogP contribution in [0.15, 0.2) is 47.4 Å². The Bertz CT molecular complexity index is 690. The summed E-state index contributed by atoms with van der Waals surface area (Å²) in [5.74, 6) is 0.664. The molecule has 1 aliphatic heterocycles. The van der Waals surface area contributed by atoms with E-state index in [4.69, 9.17) is 16.3 Å².